The van der Waals surface area contributed by atoms with Crippen LogP contribution in [-0.4, -0.2) is 36.4 Å². The molecule has 6 heteroatoms. The van der Waals surface area contributed by atoms with E-state index in [9.17, 15) is 9.59 Å². The maximum absolute atomic E-state index is 11.7. The Balaban J connectivity index is 2.74. The molecule has 0 fully saturated rings. The average Bonchev–Trinajstić information content (AvgIpc) is 2.38. The van der Waals surface area contributed by atoms with Crippen LogP contribution < -0.4 is 5.32 Å². The number of rotatable bonds is 4. The van der Waals surface area contributed by atoms with Crippen LogP contribution in [0, 0.1) is 0 Å². The van der Waals surface area contributed by atoms with Gasteiger partial charge in [-0.15, -0.1) is 0 Å². The predicted molar refractivity (Wildman–Crippen MR) is 60.0 cm³/mol. The molecular formula is C11H12N2O4. The van der Waals surface area contributed by atoms with Gasteiger partial charge in [0.05, 0.1) is 13.3 Å². The Hall–Kier alpha value is -2.37. The summed E-state index contributed by atoms with van der Waals surface area (Å²) in [4.78, 5) is 22.9. The van der Waals surface area contributed by atoms with E-state index in [0.29, 0.717) is 5.56 Å². The summed E-state index contributed by atoms with van der Waals surface area (Å²) in [5, 5.41) is 13.4. The molecule has 1 atom stereocenters. The summed E-state index contributed by atoms with van der Waals surface area (Å²) in [6.07, 6.45) is 0.882. The molecule has 0 heterocycles. The second-order valence-electron chi connectivity index (χ2n) is 3.10. The number of hydrogen-bond acceptors (Lipinski definition) is 5. The number of esters is 1. The van der Waals surface area contributed by atoms with Crippen molar-refractivity contribution < 1.29 is 19.5 Å². The first-order valence-electron chi connectivity index (χ1n) is 4.80. The monoisotopic (exact) mass is 236 g/mol. The normalized spacial score (nSPS) is 12.1. The Morgan fingerprint density at radius 1 is 1.41 bits per heavy atom. The van der Waals surface area contributed by atoms with Gasteiger partial charge in [-0.05, 0) is 12.1 Å². The molecule has 1 rings (SSSR count). The maximum Gasteiger partial charge on any atom is 0.334 e. The van der Waals surface area contributed by atoms with Crippen LogP contribution in [-0.2, 0) is 9.53 Å². The molecule has 1 aromatic rings. The highest BCUT2D eigenvalue weighted by Gasteiger charge is 2.20. The van der Waals surface area contributed by atoms with Crippen molar-refractivity contribution in [1.82, 2.24) is 5.32 Å². The van der Waals surface area contributed by atoms with Gasteiger partial charge in [0.25, 0.3) is 5.91 Å². The lowest BCUT2D eigenvalue weighted by atomic mass is 10.2. The number of oxime groups is 1. The average molecular weight is 236 g/mol. The first-order chi connectivity index (χ1) is 8.19. The Bertz CT molecular complexity index is 417. The van der Waals surface area contributed by atoms with E-state index in [0.717, 1.165) is 6.21 Å². The summed E-state index contributed by atoms with van der Waals surface area (Å²) in [6.45, 7) is 0. The van der Waals surface area contributed by atoms with Crippen LogP contribution in [0.25, 0.3) is 0 Å². The minimum Gasteiger partial charge on any atom is -0.467 e. The summed E-state index contributed by atoms with van der Waals surface area (Å²) in [7, 11) is 1.18. The number of hydrogen-bond donors (Lipinski definition) is 2. The largest absolute Gasteiger partial charge is 0.467 e. The second kappa shape index (κ2) is 6.26. The van der Waals surface area contributed by atoms with Gasteiger partial charge in [-0.1, -0.05) is 23.4 Å². The van der Waals surface area contributed by atoms with Crippen LogP contribution in [0.4, 0.5) is 0 Å². The predicted octanol–water partition coefficient (Wildman–Crippen LogP) is 0.418. The molecular weight excluding hydrogens is 224 g/mol. The van der Waals surface area contributed by atoms with Gasteiger partial charge in [0.1, 0.15) is 0 Å². The van der Waals surface area contributed by atoms with Gasteiger partial charge in [-0.25, -0.2) is 4.79 Å². The molecule has 0 saturated carbocycles. The zero-order chi connectivity index (χ0) is 12.7. The van der Waals surface area contributed by atoms with Crippen molar-refractivity contribution in [2.75, 3.05) is 7.11 Å². The second-order valence-corrected chi connectivity index (χ2v) is 3.10. The molecule has 0 radical (unpaired) electrons. The van der Waals surface area contributed by atoms with Crippen LogP contribution in [0.15, 0.2) is 35.5 Å². The maximum atomic E-state index is 11.7. The van der Waals surface area contributed by atoms with E-state index in [1.165, 1.54) is 7.11 Å². The van der Waals surface area contributed by atoms with Gasteiger partial charge < -0.3 is 15.3 Å². The van der Waals surface area contributed by atoms with E-state index < -0.39 is 17.9 Å². The zero-order valence-corrected chi connectivity index (χ0v) is 9.16. The molecule has 0 bridgehead atoms. The Kier molecular flexibility index (Phi) is 4.68. The number of carbonyl (C=O) groups is 2. The zero-order valence-electron chi connectivity index (χ0n) is 9.16. The van der Waals surface area contributed by atoms with E-state index in [1.54, 1.807) is 30.3 Å². The summed E-state index contributed by atoms with van der Waals surface area (Å²) in [5.74, 6) is -1.17. The quantitative estimate of drug-likeness (QED) is 0.343. The third-order valence-corrected chi connectivity index (χ3v) is 1.99. The first-order valence-corrected chi connectivity index (χ1v) is 4.80. The minimum atomic E-state index is -1.11. The van der Waals surface area contributed by atoms with Crippen molar-refractivity contribution in [3.63, 3.8) is 0 Å². The molecule has 0 saturated heterocycles. The van der Waals surface area contributed by atoms with Crippen LogP contribution in [0.3, 0.4) is 0 Å². The SMILES string of the molecule is COC(=O)[C@H](/C=N\O)NC(=O)c1ccccc1. The Labute approximate surface area is 97.9 Å². The number of nitrogens with zero attached hydrogens (tertiary/aromatic N) is 1. The fourth-order valence-electron chi connectivity index (χ4n) is 1.16. The van der Waals surface area contributed by atoms with Crippen molar-refractivity contribution in [2.24, 2.45) is 5.16 Å². The summed E-state index contributed by atoms with van der Waals surface area (Å²) >= 11 is 0. The van der Waals surface area contributed by atoms with Crippen LogP contribution >= 0.6 is 0 Å². The fourth-order valence-corrected chi connectivity index (χ4v) is 1.16. The third-order valence-electron chi connectivity index (χ3n) is 1.99. The van der Waals surface area contributed by atoms with Crippen LogP contribution in [0.2, 0.25) is 0 Å². The topological polar surface area (TPSA) is 88.0 Å². The molecule has 0 aliphatic heterocycles. The Morgan fingerprint density at radius 3 is 2.59 bits per heavy atom. The van der Waals surface area contributed by atoms with Crippen molar-refractivity contribution in [3.8, 4) is 0 Å². The minimum absolute atomic E-state index is 0.396. The highest BCUT2D eigenvalue weighted by Crippen LogP contribution is 1.99. The Morgan fingerprint density at radius 2 is 2.06 bits per heavy atom. The standard InChI is InChI=1S/C11H12N2O4/c1-17-11(15)9(7-12-16)13-10(14)8-5-3-2-4-6-8/h2-7,9,16H,1H3,(H,13,14)/b12-7-/t9-/m0/s1. The summed E-state index contributed by atoms with van der Waals surface area (Å²) < 4.78 is 4.45. The molecule has 0 spiro atoms. The van der Waals surface area contributed by atoms with E-state index >= 15 is 0 Å². The number of nitrogens with one attached hydrogen (secondary N) is 1. The number of amides is 1. The molecule has 0 aromatic heterocycles. The summed E-state index contributed by atoms with van der Waals surface area (Å²) in [5.41, 5.74) is 0.396. The number of carbonyl (C=O) groups excluding carboxylic acids is 2. The highest BCUT2D eigenvalue weighted by molar-refractivity contribution is 6.02. The van der Waals surface area contributed by atoms with E-state index in [2.05, 4.69) is 15.2 Å². The summed E-state index contributed by atoms with van der Waals surface area (Å²) in [6, 6.07) is 7.24. The lowest BCUT2D eigenvalue weighted by Gasteiger charge is -2.11. The lowest BCUT2D eigenvalue weighted by Crippen LogP contribution is -2.42. The van der Waals surface area contributed by atoms with Gasteiger partial charge in [0, 0.05) is 5.56 Å². The van der Waals surface area contributed by atoms with Crippen molar-refractivity contribution in [3.05, 3.63) is 35.9 Å². The van der Waals surface area contributed by atoms with Crippen molar-refractivity contribution >= 4 is 18.1 Å². The van der Waals surface area contributed by atoms with Gasteiger partial charge in [0.2, 0.25) is 0 Å². The van der Waals surface area contributed by atoms with Crippen LogP contribution in [0.5, 0.6) is 0 Å². The highest BCUT2D eigenvalue weighted by atomic mass is 16.5. The third kappa shape index (κ3) is 3.60. The van der Waals surface area contributed by atoms with E-state index in [1.807, 2.05) is 0 Å². The van der Waals surface area contributed by atoms with Gasteiger partial charge in [-0.3, -0.25) is 4.79 Å². The van der Waals surface area contributed by atoms with Crippen LogP contribution in [0.1, 0.15) is 10.4 Å². The molecule has 90 valence electrons. The fraction of sp³-hybridized carbons (Fsp3) is 0.182. The van der Waals surface area contributed by atoms with Gasteiger partial charge in [0.15, 0.2) is 6.04 Å². The van der Waals surface area contributed by atoms with E-state index in [4.69, 9.17) is 5.21 Å². The number of methoxy groups -OCH3 is 1. The smallest absolute Gasteiger partial charge is 0.334 e. The molecule has 2 N–H and O–H groups in total. The number of benzene rings is 1. The molecule has 1 amide bonds. The number of ether oxygens (including phenoxy) is 1. The molecule has 1 aromatic carbocycles. The molecule has 6 nitrogen and oxygen atoms in total. The van der Waals surface area contributed by atoms with E-state index in [-0.39, 0.29) is 0 Å². The van der Waals surface area contributed by atoms with Crippen molar-refractivity contribution in [2.45, 2.75) is 6.04 Å². The molecule has 0 aliphatic carbocycles. The molecule has 0 unspecified atom stereocenters. The first kappa shape index (κ1) is 12.7. The lowest BCUT2D eigenvalue weighted by molar-refractivity contribution is -0.140. The van der Waals surface area contributed by atoms with Gasteiger partial charge in [-0.2, -0.15) is 0 Å². The molecule has 0 aliphatic rings. The molecule has 17 heavy (non-hydrogen) atoms. The van der Waals surface area contributed by atoms with Gasteiger partial charge >= 0.3 is 5.97 Å². The van der Waals surface area contributed by atoms with Crippen molar-refractivity contribution in [1.29, 1.82) is 0 Å².